The monoisotopic (exact) mass is 288 g/mol. The summed E-state index contributed by atoms with van der Waals surface area (Å²) < 4.78 is 11.3. The molecule has 1 aromatic heterocycles. The van der Waals surface area contributed by atoms with Crippen molar-refractivity contribution in [2.75, 3.05) is 25.9 Å². The Morgan fingerprint density at radius 3 is 2.95 bits per heavy atom. The number of nitrogens with one attached hydrogen (secondary N) is 2. The molecule has 1 aliphatic heterocycles. The van der Waals surface area contributed by atoms with Gasteiger partial charge in [0.2, 0.25) is 0 Å². The average molecular weight is 288 g/mol. The smallest absolute Gasteiger partial charge is 0.145 e. The molecule has 1 aliphatic rings. The summed E-state index contributed by atoms with van der Waals surface area (Å²) in [6.45, 7) is 2.56. The number of benzene rings is 1. The van der Waals surface area contributed by atoms with Gasteiger partial charge in [-0.1, -0.05) is 6.07 Å². The van der Waals surface area contributed by atoms with Crippen molar-refractivity contribution < 1.29 is 9.47 Å². The van der Waals surface area contributed by atoms with E-state index in [4.69, 9.17) is 15.2 Å². The molecule has 3 rings (SSSR count). The first kappa shape index (κ1) is 13.9. The van der Waals surface area contributed by atoms with E-state index in [-0.39, 0.29) is 0 Å². The fourth-order valence-electron chi connectivity index (χ4n) is 2.51. The van der Waals surface area contributed by atoms with Gasteiger partial charge in [-0.3, -0.25) is 5.10 Å². The Morgan fingerprint density at radius 1 is 1.38 bits per heavy atom. The number of hydrogen-bond donors (Lipinski definition) is 3. The second-order valence-electron chi connectivity index (χ2n) is 5.17. The lowest BCUT2D eigenvalue weighted by atomic mass is 10.1. The highest BCUT2D eigenvalue weighted by atomic mass is 16.5. The summed E-state index contributed by atoms with van der Waals surface area (Å²) in [7, 11) is 1.66. The lowest BCUT2D eigenvalue weighted by Gasteiger charge is -2.13. The third-order valence-corrected chi connectivity index (χ3v) is 3.65. The topological polar surface area (TPSA) is 85.2 Å². The molecule has 4 N–H and O–H groups in total. The summed E-state index contributed by atoms with van der Waals surface area (Å²) >= 11 is 0. The van der Waals surface area contributed by atoms with Gasteiger partial charge in [0.05, 0.1) is 25.5 Å². The predicted octanol–water partition coefficient (Wildman–Crippen LogP) is 1.55. The molecule has 21 heavy (non-hydrogen) atoms. The molecule has 0 amide bonds. The second kappa shape index (κ2) is 6.15. The predicted molar refractivity (Wildman–Crippen MR) is 81.1 cm³/mol. The Morgan fingerprint density at radius 2 is 2.29 bits per heavy atom. The Bertz CT molecular complexity index is 605. The van der Waals surface area contributed by atoms with Crippen molar-refractivity contribution >= 4 is 5.82 Å². The van der Waals surface area contributed by atoms with Crippen LogP contribution >= 0.6 is 0 Å². The van der Waals surface area contributed by atoms with Crippen molar-refractivity contribution in [1.29, 1.82) is 0 Å². The van der Waals surface area contributed by atoms with Crippen LogP contribution in [0.5, 0.6) is 5.75 Å². The number of hydrogen-bond acceptors (Lipinski definition) is 5. The first-order valence-electron chi connectivity index (χ1n) is 7.07. The molecule has 1 fully saturated rings. The number of rotatable bonds is 5. The van der Waals surface area contributed by atoms with Crippen LogP contribution in [0.1, 0.15) is 12.0 Å². The number of nitrogen functional groups attached to an aromatic ring is 1. The van der Waals surface area contributed by atoms with E-state index in [1.54, 1.807) is 13.2 Å². The average Bonchev–Trinajstić information content (AvgIpc) is 3.16. The van der Waals surface area contributed by atoms with Gasteiger partial charge in [-0.2, -0.15) is 5.10 Å². The first-order valence-corrected chi connectivity index (χ1v) is 7.07. The van der Waals surface area contributed by atoms with Crippen molar-refractivity contribution in [2.45, 2.75) is 19.1 Å². The zero-order valence-corrected chi connectivity index (χ0v) is 12.1. The molecule has 1 atom stereocenters. The zero-order chi connectivity index (χ0) is 14.7. The van der Waals surface area contributed by atoms with Crippen molar-refractivity contribution in [3.05, 3.63) is 29.8 Å². The van der Waals surface area contributed by atoms with E-state index in [9.17, 15) is 0 Å². The molecule has 6 heteroatoms. The van der Waals surface area contributed by atoms with Gasteiger partial charge in [-0.15, -0.1) is 0 Å². The summed E-state index contributed by atoms with van der Waals surface area (Å²) in [4.78, 5) is 0. The minimum atomic E-state index is 0.308. The second-order valence-corrected chi connectivity index (χ2v) is 5.17. The first-order chi connectivity index (χ1) is 10.3. The SMILES string of the molecule is COc1cc(CO[C@@H]2CCNC2)ccc1-c1cc(N)n[nH]1. The fourth-order valence-corrected chi connectivity index (χ4v) is 2.51. The highest BCUT2D eigenvalue weighted by Crippen LogP contribution is 2.30. The highest BCUT2D eigenvalue weighted by molar-refractivity contribution is 5.69. The lowest BCUT2D eigenvalue weighted by molar-refractivity contribution is 0.0541. The molecule has 0 radical (unpaired) electrons. The molecule has 0 unspecified atom stereocenters. The maximum Gasteiger partial charge on any atom is 0.145 e. The molecular weight excluding hydrogens is 268 g/mol. The summed E-state index contributed by atoms with van der Waals surface area (Å²) in [5.41, 5.74) is 8.52. The van der Waals surface area contributed by atoms with Crippen LogP contribution < -0.4 is 15.8 Å². The molecule has 2 heterocycles. The van der Waals surface area contributed by atoms with Gasteiger partial charge < -0.3 is 20.5 Å². The highest BCUT2D eigenvalue weighted by Gasteiger charge is 2.15. The van der Waals surface area contributed by atoms with Crippen molar-refractivity contribution in [2.24, 2.45) is 0 Å². The summed E-state index contributed by atoms with van der Waals surface area (Å²) in [5, 5.41) is 10.1. The molecule has 1 saturated heterocycles. The Labute approximate surface area is 123 Å². The third kappa shape index (κ3) is 3.17. The van der Waals surface area contributed by atoms with Crippen LogP contribution in [0.15, 0.2) is 24.3 Å². The van der Waals surface area contributed by atoms with Crippen LogP contribution in [0, 0.1) is 0 Å². The van der Waals surface area contributed by atoms with E-state index < -0.39 is 0 Å². The number of aromatic amines is 1. The van der Waals surface area contributed by atoms with Gasteiger partial charge in [0.25, 0.3) is 0 Å². The zero-order valence-electron chi connectivity index (χ0n) is 12.1. The molecular formula is C15H20N4O2. The van der Waals surface area contributed by atoms with Crippen LogP contribution in [-0.4, -0.2) is 36.5 Å². The van der Waals surface area contributed by atoms with Crippen LogP contribution in [0.3, 0.4) is 0 Å². The fraction of sp³-hybridized carbons (Fsp3) is 0.400. The van der Waals surface area contributed by atoms with E-state index >= 15 is 0 Å². The van der Waals surface area contributed by atoms with Crippen molar-refractivity contribution in [3.63, 3.8) is 0 Å². The van der Waals surface area contributed by atoms with Crippen LogP contribution in [-0.2, 0) is 11.3 Å². The van der Waals surface area contributed by atoms with E-state index in [2.05, 4.69) is 15.5 Å². The van der Waals surface area contributed by atoms with E-state index in [0.29, 0.717) is 18.5 Å². The number of methoxy groups -OCH3 is 1. The van der Waals surface area contributed by atoms with Crippen LogP contribution in [0.25, 0.3) is 11.3 Å². The quantitative estimate of drug-likeness (QED) is 0.777. The lowest BCUT2D eigenvalue weighted by Crippen LogP contribution is -2.16. The number of anilines is 1. The van der Waals surface area contributed by atoms with E-state index in [1.807, 2.05) is 18.2 Å². The number of ether oxygens (including phenoxy) is 2. The summed E-state index contributed by atoms with van der Waals surface area (Å²) in [5.74, 6) is 1.25. The molecule has 0 aliphatic carbocycles. The maximum atomic E-state index is 5.88. The third-order valence-electron chi connectivity index (χ3n) is 3.65. The largest absolute Gasteiger partial charge is 0.496 e. The van der Waals surface area contributed by atoms with Gasteiger partial charge in [-0.05, 0) is 30.7 Å². The number of nitrogens with zero attached hydrogens (tertiary/aromatic N) is 1. The molecule has 0 spiro atoms. The molecule has 6 nitrogen and oxygen atoms in total. The minimum Gasteiger partial charge on any atom is -0.496 e. The van der Waals surface area contributed by atoms with E-state index in [1.165, 1.54) is 0 Å². The van der Waals surface area contributed by atoms with Crippen molar-refractivity contribution in [1.82, 2.24) is 15.5 Å². The Hall–Kier alpha value is -2.05. The maximum absolute atomic E-state index is 5.88. The van der Waals surface area contributed by atoms with Gasteiger partial charge in [0.1, 0.15) is 11.6 Å². The molecule has 0 saturated carbocycles. The Kier molecular flexibility index (Phi) is 4.08. The number of aromatic nitrogens is 2. The molecule has 2 aromatic rings. The summed E-state index contributed by atoms with van der Waals surface area (Å²) in [6.07, 6.45) is 1.38. The standard InChI is InChI=1S/C15H20N4O2/c1-20-14-6-10(9-21-11-4-5-17-8-11)2-3-12(14)13-7-15(16)19-18-13/h2-3,6-7,11,17H,4-5,8-9H2,1H3,(H3,16,18,19)/t11-/m1/s1. The van der Waals surface area contributed by atoms with Crippen molar-refractivity contribution in [3.8, 4) is 17.0 Å². The molecule has 1 aromatic carbocycles. The minimum absolute atomic E-state index is 0.308. The molecule has 112 valence electrons. The van der Waals surface area contributed by atoms with Gasteiger partial charge in [0.15, 0.2) is 0 Å². The van der Waals surface area contributed by atoms with Gasteiger partial charge >= 0.3 is 0 Å². The number of nitrogens with two attached hydrogens (primary N) is 1. The van der Waals surface area contributed by atoms with Gasteiger partial charge in [-0.25, -0.2) is 0 Å². The number of H-pyrrole nitrogens is 1. The van der Waals surface area contributed by atoms with Crippen LogP contribution in [0.2, 0.25) is 0 Å². The normalized spacial score (nSPS) is 18.0. The van der Waals surface area contributed by atoms with Crippen LogP contribution in [0.4, 0.5) is 5.82 Å². The van der Waals surface area contributed by atoms with Gasteiger partial charge in [0, 0.05) is 18.2 Å². The molecule has 0 bridgehead atoms. The Balaban J connectivity index is 1.75. The van der Waals surface area contributed by atoms with E-state index in [0.717, 1.165) is 42.1 Å². The summed E-state index contributed by atoms with van der Waals surface area (Å²) in [6, 6.07) is 7.82.